The quantitative estimate of drug-likeness (QED) is 0.365. The van der Waals surface area contributed by atoms with Gasteiger partial charge < -0.3 is 10.2 Å². The first-order valence-corrected chi connectivity index (χ1v) is 4.73. The second kappa shape index (κ2) is 11.9. The molecule has 0 radical (unpaired) electrons. The van der Waals surface area contributed by atoms with Crippen molar-refractivity contribution in [3.05, 3.63) is 0 Å². The van der Waals surface area contributed by atoms with Gasteiger partial charge in [0, 0.05) is 0 Å². The van der Waals surface area contributed by atoms with E-state index in [-0.39, 0.29) is 88.7 Å². The van der Waals surface area contributed by atoms with E-state index in [1.54, 1.807) is 0 Å². The van der Waals surface area contributed by atoms with Crippen molar-refractivity contribution in [1.82, 2.24) is 0 Å². The molecule has 0 aliphatic carbocycles. The molecule has 0 aliphatic rings. The van der Waals surface area contributed by atoms with E-state index in [0.29, 0.717) is 0 Å². The minimum absolute atomic E-state index is 0. The van der Waals surface area contributed by atoms with Gasteiger partial charge >= 0.3 is 101 Å². The van der Waals surface area contributed by atoms with Crippen LogP contribution >= 0.6 is 0 Å². The predicted molar refractivity (Wildman–Crippen MR) is 61.2 cm³/mol. The average Bonchev–Trinajstić information content (AvgIpc) is 1.81. The fourth-order valence-electron chi connectivity index (χ4n) is 0.683. The van der Waals surface area contributed by atoms with Crippen molar-refractivity contribution in [2.75, 3.05) is 5.75 Å². The van der Waals surface area contributed by atoms with Crippen LogP contribution in [0.15, 0.2) is 0 Å². The van der Waals surface area contributed by atoms with E-state index in [0.717, 1.165) is 0 Å². The molecule has 0 aromatic heterocycles. The molecule has 1 atom stereocenters. The van der Waals surface area contributed by atoms with Crippen LogP contribution in [0.25, 0.3) is 0 Å². The Kier molecular flexibility index (Phi) is 19.7. The summed E-state index contributed by atoms with van der Waals surface area (Å²) in [5.74, 6) is -5.71. The van der Waals surface area contributed by atoms with E-state index in [4.69, 9.17) is 14.8 Å². The maximum absolute atomic E-state index is 10.3. The molecule has 3 N–H and O–H groups in total. The first-order valence-electron chi connectivity index (χ1n) is 3.12. The third-order valence-corrected chi connectivity index (χ3v) is 2.01. The second-order valence-corrected chi connectivity index (χ2v) is 3.88. The van der Waals surface area contributed by atoms with Crippen LogP contribution in [0.5, 0.6) is 0 Å². The molecule has 82 valence electrons. The van der Waals surface area contributed by atoms with Gasteiger partial charge in [-0.2, -0.15) is 8.42 Å². The third kappa shape index (κ3) is 15.9. The summed E-state index contributed by atoms with van der Waals surface area (Å²) in [7, 11) is -4.46. The van der Waals surface area contributed by atoms with E-state index in [9.17, 15) is 18.0 Å². The molecule has 0 aromatic rings. The molecular weight excluding hydrogens is 273 g/mol. The van der Waals surface area contributed by atoms with Crippen molar-refractivity contribution >= 4 is 111 Å². The Morgan fingerprint density at radius 2 is 1.44 bits per heavy atom. The van der Waals surface area contributed by atoms with Crippen LogP contribution in [-0.4, -0.2) is 130 Å². The van der Waals surface area contributed by atoms with Crippen LogP contribution in [0.1, 0.15) is 6.42 Å². The van der Waals surface area contributed by atoms with Gasteiger partial charge in [-0.05, 0) is 0 Å². The van der Waals surface area contributed by atoms with Crippen molar-refractivity contribution in [3.63, 3.8) is 0 Å². The van der Waals surface area contributed by atoms with Gasteiger partial charge in [0.1, 0.15) is 0 Å². The van der Waals surface area contributed by atoms with Crippen molar-refractivity contribution in [2.45, 2.75) is 6.42 Å². The van der Waals surface area contributed by atoms with Crippen LogP contribution in [0.3, 0.4) is 0 Å². The third-order valence-electron chi connectivity index (χ3n) is 1.18. The number of carboxylic acid groups (broad SMARTS) is 2. The normalized spacial score (nSPS) is 11.1. The van der Waals surface area contributed by atoms with Gasteiger partial charge in [-0.3, -0.25) is 14.1 Å². The molecule has 0 amide bonds. The van der Waals surface area contributed by atoms with Crippen molar-refractivity contribution in [3.8, 4) is 0 Å². The second-order valence-electron chi connectivity index (χ2n) is 2.38. The van der Waals surface area contributed by atoms with E-state index >= 15 is 0 Å². The molecule has 1 unspecified atom stereocenters. The Morgan fingerprint density at radius 1 is 1.06 bits per heavy atom. The number of rotatable bonds is 5. The Labute approximate surface area is 159 Å². The van der Waals surface area contributed by atoms with E-state index in [1.165, 1.54) is 0 Å². The Hall–Kier alpha value is 1.85. The van der Waals surface area contributed by atoms with Crippen molar-refractivity contribution in [1.29, 1.82) is 0 Å². The number of aliphatic carboxylic acids is 2. The summed E-state index contributed by atoms with van der Waals surface area (Å²) in [6, 6.07) is 0. The summed E-state index contributed by atoms with van der Waals surface area (Å²) in [6.07, 6.45) is -0.838. The van der Waals surface area contributed by atoms with Gasteiger partial charge in [0.05, 0.1) is 18.1 Å². The molecule has 0 heterocycles. The number of carbonyl (C=O) groups is 2. The fraction of sp³-hybridized carbons (Fsp3) is 0.600. The summed E-state index contributed by atoms with van der Waals surface area (Å²) in [5, 5.41) is 16.5. The molecule has 0 aromatic carbocycles. The Balaban J connectivity index is -0.000000240. The zero-order chi connectivity index (χ0) is 10.6. The van der Waals surface area contributed by atoms with E-state index in [2.05, 4.69) is 0 Å². The van der Waals surface area contributed by atoms with E-state index in [1.807, 2.05) is 0 Å². The molecule has 0 saturated carbocycles. The summed E-state index contributed by atoms with van der Waals surface area (Å²) in [5.41, 5.74) is 0. The van der Waals surface area contributed by atoms with Gasteiger partial charge in [-0.25, -0.2) is 0 Å². The SMILES string of the molecule is O=C(O)CC(CS(=O)(=O)O)C(=O)O.[NaH].[NaH].[NaH]. The summed E-state index contributed by atoms with van der Waals surface area (Å²) in [4.78, 5) is 20.3. The van der Waals surface area contributed by atoms with Crippen LogP contribution < -0.4 is 0 Å². The van der Waals surface area contributed by atoms with E-state index < -0.39 is 40.1 Å². The molecule has 0 spiro atoms. The molecule has 0 bridgehead atoms. The number of carboxylic acids is 2. The van der Waals surface area contributed by atoms with Gasteiger partial charge in [-0.15, -0.1) is 0 Å². The molecule has 11 heteroatoms. The maximum atomic E-state index is 10.3. The van der Waals surface area contributed by atoms with Crippen molar-refractivity contribution < 1.29 is 32.8 Å². The Morgan fingerprint density at radius 3 is 1.62 bits per heavy atom. The molecular formula is C5H11Na3O7S. The minimum atomic E-state index is -4.46. The van der Waals surface area contributed by atoms with Gasteiger partial charge in [0.15, 0.2) is 0 Å². The van der Waals surface area contributed by atoms with Gasteiger partial charge in [0.25, 0.3) is 10.1 Å². The fourth-order valence-corrected chi connectivity index (χ4v) is 1.45. The first kappa shape index (κ1) is 26.4. The van der Waals surface area contributed by atoms with Crippen LogP contribution in [0.4, 0.5) is 0 Å². The summed E-state index contributed by atoms with van der Waals surface area (Å²) in [6.45, 7) is 0. The van der Waals surface area contributed by atoms with Crippen LogP contribution in [0, 0.1) is 5.92 Å². The van der Waals surface area contributed by atoms with Crippen LogP contribution in [0.2, 0.25) is 0 Å². The molecule has 0 rings (SSSR count). The van der Waals surface area contributed by atoms with Crippen molar-refractivity contribution in [2.24, 2.45) is 5.92 Å². The summed E-state index contributed by atoms with van der Waals surface area (Å²) >= 11 is 0. The zero-order valence-corrected chi connectivity index (χ0v) is 7.19. The topological polar surface area (TPSA) is 129 Å². The summed E-state index contributed by atoms with van der Waals surface area (Å²) < 4.78 is 28.7. The van der Waals surface area contributed by atoms with Crippen LogP contribution in [-0.2, 0) is 19.7 Å². The number of hydrogen-bond donors (Lipinski definition) is 3. The Bertz CT molecular complexity index is 314. The average molecular weight is 284 g/mol. The molecule has 0 aliphatic heterocycles. The molecule has 0 saturated heterocycles. The first-order chi connectivity index (χ1) is 5.72. The monoisotopic (exact) mass is 284 g/mol. The predicted octanol–water partition coefficient (Wildman–Crippen LogP) is -2.90. The molecule has 0 fully saturated rings. The standard InChI is InChI=1S/C5H8O7S.3Na.3H/c6-4(7)1-3(5(8)9)2-13(10,11)12;;;;;;/h3H,1-2H2,(H,6,7)(H,8,9)(H,10,11,12);;;;;;. The van der Waals surface area contributed by atoms with Gasteiger partial charge in [-0.1, -0.05) is 0 Å². The number of hydrogen-bond acceptors (Lipinski definition) is 4. The van der Waals surface area contributed by atoms with Gasteiger partial charge in [0.2, 0.25) is 0 Å². The zero-order valence-electron chi connectivity index (χ0n) is 6.37. The molecule has 7 nitrogen and oxygen atoms in total. The molecule has 16 heavy (non-hydrogen) atoms.